The zero-order valence-corrected chi connectivity index (χ0v) is 17.7. The molecule has 0 amide bonds. The Morgan fingerprint density at radius 2 is 2.31 bits per heavy atom. The molecule has 2 heterocycles. The van der Waals surface area contributed by atoms with Gasteiger partial charge in [0.25, 0.3) is 0 Å². The molecular weight excluding hydrogens is 445 g/mol. The van der Waals surface area contributed by atoms with Crippen LogP contribution in [-0.2, 0) is 18.3 Å². The molecule has 8 heteroatoms. The van der Waals surface area contributed by atoms with Crippen LogP contribution in [0.1, 0.15) is 17.2 Å². The predicted octanol–water partition coefficient (Wildman–Crippen LogP) is 2.20. The van der Waals surface area contributed by atoms with E-state index >= 15 is 0 Å². The molecule has 0 spiro atoms. The van der Waals surface area contributed by atoms with E-state index in [4.69, 9.17) is 9.47 Å². The number of nitrogens with one attached hydrogen (secondary N) is 1. The van der Waals surface area contributed by atoms with Gasteiger partial charge in [-0.3, -0.25) is 9.67 Å². The molecule has 1 saturated heterocycles. The fourth-order valence-electron chi connectivity index (χ4n) is 2.95. The van der Waals surface area contributed by atoms with Gasteiger partial charge in [0, 0.05) is 38.9 Å². The molecule has 1 aromatic carbocycles. The first-order valence-corrected chi connectivity index (χ1v) is 8.38. The van der Waals surface area contributed by atoms with E-state index in [9.17, 15) is 0 Å². The van der Waals surface area contributed by atoms with Crippen molar-refractivity contribution in [2.75, 3.05) is 33.9 Å². The van der Waals surface area contributed by atoms with Crippen LogP contribution in [0.3, 0.4) is 0 Å². The second kappa shape index (κ2) is 9.77. The van der Waals surface area contributed by atoms with Gasteiger partial charge in [0.05, 0.1) is 26.5 Å². The van der Waals surface area contributed by atoms with Gasteiger partial charge < -0.3 is 19.7 Å². The smallest absolute Gasteiger partial charge is 0.194 e. The minimum atomic E-state index is 0. The highest BCUT2D eigenvalue weighted by Gasteiger charge is 2.25. The third kappa shape index (κ3) is 5.10. The summed E-state index contributed by atoms with van der Waals surface area (Å²) in [4.78, 5) is 6.65. The molecule has 0 aliphatic carbocycles. The van der Waals surface area contributed by atoms with Gasteiger partial charge in [0.15, 0.2) is 5.96 Å². The maximum absolute atomic E-state index is 5.90. The number of aromatic nitrogens is 2. The quantitative estimate of drug-likeness (QED) is 0.421. The Morgan fingerprint density at radius 1 is 1.46 bits per heavy atom. The van der Waals surface area contributed by atoms with E-state index < -0.39 is 0 Å². The fourth-order valence-corrected chi connectivity index (χ4v) is 2.95. The molecule has 1 aliphatic rings. The van der Waals surface area contributed by atoms with Gasteiger partial charge in [0.2, 0.25) is 0 Å². The molecule has 1 aromatic heterocycles. The molecule has 1 unspecified atom stereocenters. The number of methoxy groups -OCH3 is 1. The lowest BCUT2D eigenvalue weighted by Crippen LogP contribution is -2.47. The number of hydrogen-bond donors (Lipinski definition) is 1. The summed E-state index contributed by atoms with van der Waals surface area (Å²) in [5.41, 5.74) is 2.24. The topological polar surface area (TPSA) is 63.9 Å². The number of ether oxygens (including phenoxy) is 2. The first kappa shape index (κ1) is 20.5. The summed E-state index contributed by atoms with van der Waals surface area (Å²) < 4.78 is 13.0. The van der Waals surface area contributed by atoms with Crippen LogP contribution in [-0.4, -0.2) is 54.5 Å². The second-order valence-electron chi connectivity index (χ2n) is 6.01. The summed E-state index contributed by atoms with van der Waals surface area (Å²) in [5.74, 6) is 1.73. The number of benzene rings is 1. The van der Waals surface area contributed by atoms with E-state index in [1.54, 1.807) is 11.8 Å². The highest BCUT2D eigenvalue weighted by atomic mass is 127. The molecule has 26 heavy (non-hydrogen) atoms. The lowest BCUT2D eigenvalue weighted by atomic mass is 10.1. The average molecular weight is 471 g/mol. The Bertz CT molecular complexity index is 734. The zero-order valence-electron chi connectivity index (χ0n) is 15.4. The molecular formula is C18H26IN5O2. The lowest BCUT2D eigenvalue weighted by molar-refractivity contribution is -0.00805. The lowest BCUT2D eigenvalue weighted by Gasteiger charge is -2.34. The van der Waals surface area contributed by atoms with Crippen LogP contribution in [0.15, 0.2) is 41.7 Å². The molecule has 0 radical (unpaired) electrons. The van der Waals surface area contributed by atoms with E-state index in [0.29, 0.717) is 13.2 Å². The van der Waals surface area contributed by atoms with E-state index in [1.165, 1.54) is 0 Å². The zero-order chi connectivity index (χ0) is 17.6. The van der Waals surface area contributed by atoms with E-state index in [-0.39, 0.29) is 30.1 Å². The Kier molecular flexibility index (Phi) is 7.70. The van der Waals surface area contributed by atoms with Crippen LogP contribution >= 0.6 is 24.0 Å². The van der Waals surface area contributed by atoms with Crippen molar-refractivity contribution in [2.24, 2.45) is 12.0 Å². The van der Waals surface area contributed by atoms with Crippen LogP contribution in [0, 0.1) is 0 Å². The van der Waals surface area contributed by atoms with E-state index in [0.717, 1.165) is 35.9 Å². The van der Waals surface area contributed by atoms with Gasteiger partial charge >= 0.3 is 0 Å². The van der Waals surface area contributed by atoms with Gasteiger partial charge in [-0.05, 0) is 17.7 Å². The third-order valence-corrected chi connectivity index (χ3v) is 4.26. The van der Waals surface area contributed by atoms with Crippen molar-refractivity contribution in [1.29, 1.82) is 0 Å². The van der Waals surface area contributed by atoms with E-state index in [1.807, 2.05) is 44.7 Å². The molecule has 142 valence electrons. The molecule has 1 atom stereocenters. The van der Waals surface area contributed by atoms with E-state index in [2.05, 4.69) is 26.4 Å². The number of halogens is 1. The summed E-state index contributed by atoms with van der Waals surface area (Å²) in [6.45, 7) is 2.93. The predicted molar refractivity (Wildman–Crippen MR) is 112 cm³/mol. The van der Waals surface area contributed by atoms with Crippen LogP contribution in [0.2, 0.25) is 0 Å². The number of aryl methyl sites for hydroxylation is 1. The Hall–Kier alpha value is -1.81. The van der Waals surface area contributed by atoms with Crippen molar-refractivity contribution in [1.82, 2.24) is 20.0 Å². The number of hydrogen-bond acceptors (Lipinski definition) is 4. The highest BCUT2D eigenvalue weighted by Crippen LogP contribution is 2.21. The van der Waals surface area contributed by atoms with Gasteiger partial charge in [-0.15, -0.1) is 24.0 Å². The van der Waals surface area contributed by atoms with Crippen molar-refractivity contribution >= 4 is 29.9 Å². The van der Waals surface area contributed by atoms with Crippen LogP contribution in [0.25, 0.3) is 0 Å². The van der Waals surface area contributed by atoms with Crippen LogP contribution in [0.5, 0.6) is 5.75 Å². The van der Waals surface area contributed by atoms with Crippen LogP contribution in [0.4, 0.5) is 0 Å². The second-order valence-corrected chi connectivity index (χ2v) is 6.01. The standard InChI is InChI=1S/C18H25N5O2.HI/c1-19-18(20-10-14-5-4-6-16(9-14)24-3)23-7-8-25-17(13-23)15-11-21-22(2)12-15;/h4-6,9,11-12,17H,7-8,10,13H2,1-3H3,(H,19,20);1H. The Labute approximate surface area is 171 Å². The van der Waals surface area contributed by atoms with Crippen LogP contribution < -0.4 is 10.1 Å². The maximum Gasteiger partial charge on any atom is 0.194 e. The largest absolute Gasteiger partial charge is 0.497 e. The number of rotatable bonds is 4. The van der Waals surface area contributed by atoms with Gasteiger partial charge in [0.1, 0.15) is 11.9 Å². The molecule has 3 rings (SSSR count). The average Bonchev–Trinajstić information content (AvgIpc) is 3.09. The maximum atomic E-state index is 5.90. The minimum absolute atomic E-state index is 0. The molecule has 2 aromatic rings. The fraction of sp³-hybridized carbons (Fsp3) is 0.444. The Balaban J connectivity index is 0.00000243. The minimum Gasteiger partial charge on any atom is -0.497 e. The highest BCUT2D eigenvalue weighted by molar-refractivity contribution is 14.0. The number of morpholine rings is 1. The molecule has 7 nitrogen and oxygen atoms in total. The molecule has 1 N–H and O–H groups in total. The van der Waals surface area contributed by atoms with Gasteiger partial charge in [-0.1, -0.05) is 12.1 Å². The molecule has 0 bridgehead atoms. The molecule has 1 aliphatic heterocycles. The first-order valence-electron chi connectivity index (χ1n) is 8.38. The first-order chi connectivity index (χ1) is 12.2. The van der Waals surface area contributed by atoms with Crippen molar-refractivity contribution < 1.29 is 9.47 Å². The molecule has 0 saturated carbocycles. The normalized spacial score (nSPS) is 17.6. The molecule has 1 fully saturated rings. The summed E-state index contributed by atoms with van der Waals surface area (Å²) in [6.07, 6.45) is 3.87. The van der Waals surface area contributed by atoms with Crippen molar-refractivity contribution in [3.8, 4) is 5.75 Å². The number of nitrogens with zero attached hydrogens (tertiary/aromatic N) is 4. The SMILES string of the molecule is CN=C(NCc1cccc(OC)c1)N1CCOC(c2cnn(C)c2)C1.I. The summed E-state index contributed by atoms with van der Waals surface area (Å²) in [5, 5.41) is 7.66. The number of guanidine groups is 1. The summed E-state index contributed by atoms with van der Waals surface area (Å²) in [6, 6.07) is 8.03. The summed E-state index contributed by atoms with van der Waals surface area (Å²) >= 11 is 0. The van der Waals surface area contributed by atoms with Crippen molar-refractivity contribution in [3.63, 3.8) is 0 Å². The van der Waals surface area contributed by atoms with Gasteiger partial charge in [-0.25, -0.2) is 0 Å². The van der Waals surface area contributed by atoms with Crippen molar-refractivity contribution in [2.45, 2.75) is 12.6 Å². The van der Waals surface area contributed by atoms with Crippen molar-refractivity contribution in [3.05, 3.63) is 47.8 Å². The Morgan fingerprint density at radius 3 is 3.00 bits per heavy atom. The third-order valence-electron chi connectivity index (χ3n) is 4.26. The monoisotopic (exact) mass is 471 g/mol. The van der Waals surface area contributed by atoms with Gasteiger partial charge in [-0.2, -0.15) is 5.10 Å². The summed E-state index contributed by atoms with van der Waals surface area (Å²) in [7, 11) is 5.40. The number of aliphatic imine (C=N–C) groups is 1.